The average Bonchev–Trinajstić information content (AvgIpc) is 3.77. The number of nitrogens with two attached hydrogens (primary N) is 2. The number of alkyl halides is 2. The van der Waals surface area contributed by atoms with E-state index >= 15 is 0 Å². The first-order chi connectivity index (χ1) is 20.6. The van der Waals surface area contributed by atoms with E-state index in [2.05, 4.69) is 29.9 Å². The molecule has 0 aromatic carbocycles. The Morgan fingerprint density at radius 1 is 0.955 bits per heavy atom. The van der Waals surface area contributed by atoms with Gasteiger partial charge in [0.2, 0.25) is 15.0 Å². The van der Waals surface area contributed by atoms with Crippen molar-refractivity contribution in [1.82, 2.24) is 19.9 Å². The van der Waals surface area contributed by atoms with E-state index in [1.807, 2.05) is 20.8 Å². The van der Waals surface area contributed by atoms with Crippen LogP contribution in [0.4, 0.5) is 8.78 Å². The highest BCUT2D eigenvalue weighted by atomic mass is 32.2. The van der Waals surface area contributed by atoms with Crippen LogP contribution < -0.4 is 11.5 Å². The predicted octanol–water partition coefficient (Wildman–Crippen LogP) is 3.16. The summed E-state index contributed by atoms with van der Waals surface area (Å²) in [5.41, 5.74) is 12.0. The number of ether oxygens (including phenoxy) is 2. The Morgan fingerprint density at radius 3 is 1.82 bits per heavy atom. The quantitative estimate of drug-likeness (QED) is 0.197. The molecule has 0 spiro atoms. The summed E-state index contributed by atoms with van der Waals surface area (Å²) in [5, 5.41) is 14.6. The van der Waals surface area contributed by atoms with Crippen LogP contribution in [0.5, 0.6) is 0 Å². The normalized spacial score (nSPS) is 29.4. The van der Waals surface area contributed by atoms with E-state index in [0.29, 0.717) is 23.6 Å². The average molecular weight is 659 g/mol. The third-order valence-electron chi connectivity index (χ3n) is 7.49. The number of sulfone groups is 1. The van der Waals surface area contributed by atoms with Gasteiger partial charge < -0.3 is 30.9 Å². The van der Waals surface area contributed by atoms with Crippen molar-refractivity contribution < 1.29 is 26.7 Å². The number of aliphatic imine (C=N–C) groups is 2. The van der Waals surface area contributed by atoms with Crippen molar-refractivity contribution in [3.8, 4) is 0 Å². The van der Waals surface area contributed by atoms with Gasteiger partial charge in [0.25, 0.3) is 0 Å². The van der Waals surface area contributed by atoms with Crippen LogP contribution in [0.25, 0.3) is 0 Å². The SMILES string of the molecule is CC[C@H]1O[C@@H](c2cnc(C(=N)N=C(N)S(C)(=O)=O)[nH]2)[C@H](F)[C@@H]1C.CC[C@H]1O[C@@H](c2cnc(C(N)=NC(=N)SC)[nH]2)[C@H](F)[C@@H]1C. The molecule has 44 heavy (non-hydrogen) atoms. The third kappa shape index (κ3) is 8.08. The molecular weight excluding hydrogens is 618 g/mol. The predicted molar refractivity (Wildman–Crippen MR) is 166 cm³/mol. The lowest BCUT2D eigenvalue weighted by molar-refractivity contribution is 0.0208. The minimum absolute atomic E-state index is 0.00463. The van der Waals surface area contributed by atoms with E-state index < -0.39 is 45.4 Å². The van der Waals surface area contributed by atoms with E-state index in [1.165, 1.54) is 24.2 Å². The molecule has 0 unspecified atom stereocenters. The summed E-state index contributed by atoms with van der Waals surface area (Å²) in [5.74, 6) is -0.415. The van der Waals surface area contributed by atoms with E-state index in [0.717, 1.165) is 12.7 Å². The monoisotopic (exact) mass is 658 g/mol. The zero-order valence-corrected chi connectivity index (χ0v) is 27.0. The summed E-state index contributed by atoms with van der Waals surface area (Å²) >= 11 is 1.17. The molecule has 0 aliphatic carbocycles. The van der Waals surface area contributed by atoms with Gasteiger partial charge in [-0.25, -0.2) is 32.2 Å². The molecule has 4 rings (SSSR count). The number of imidazole rings is 2. The molecule has 14 nitrogen and oxygen atoms in total. The van der Waals surface area contributed by atoms with Crippen molar-refractivity contribution in [1.29, 1.82) is 10.8 Å². The first-order valence-electron chi connectivity index (χ1n) is 13.9. The minimum atomic E-state index is -3.68. The van der Waals surface area contributed by atoms with Crippen molar-refractivity contribution in [2.45, 2.75) is 77.3 Å². The number of H-pyrrole nitrogens is 2. The highest BCUT2D eigenvalue weighted by Gasteiger charge is 2.44. The van der Waals surface area contributed by atoms with Gasteiger partial charge in [-0.3, -0.25) is 10.8 Å². The Kier molecular flexibility index (Phi) is 11.8. The lowest BCUT2D eigenvalue weighted by Crippen LogP contribution is -2.24. The number of hydrogen-bond donors (Lipinski definition) is 6. The number of thioether (sulfide) groups is 1. The second-order valence-corrected chi connectivity index (χ2v) is 13.3. The molecule has 2 aliphatic rings. The second-order valence-electron chi connectivity index (χ2n) is 10.6. The highest BCUT2D eigenvalue weighted by molar-refractivity contribution is 8.13. The number of aromatic nitrogens is 4. The number of hydrogen-bond acceptors (Lipinski definition) is 9. The van der Waals surface area contributed by atoms with E-state index in [1.54, 1.807) is 13.2 Å². The summed E-state index contributed by atoms with van der Waals surface area (Å²) in [6.45, 7) is 7.54. The zero-order chi connectivity index (χ0) is 32.9. The van der Waals surface area contributed by atoms with Gasteiger partial charge in [0.1, 0.15) is 24.6 Å². The van der Waals surface area contributed by atoms with Gasteiger partial charge in [0.15, 0.2) is 28.5 Å². The van der Waals surface area contributed by atoms with Gasteiger partial charge in [-0.1, -0.05) is 39.5 Å². The third-order valence-corrected chi connectivity index (χ3v) is 8.82. The topological polar surface area (TPSA) is 234 Å². The van der Waals surface area contributed by atoms with Gasteiger partial charge in [0, 0.05) is 18.1 Å². The van der Waals surface area contributed by atoms with Crippen LogP contribution in [0.2, 0.25) is 0 Å². The van der Waals surface area contributed by atoms with Gasteiger partial charge in [-0.2, -0.15) is 4.99 Å². The summed E-state index contributed by atoms with van der Waals surface area (Å²) < 4.78 is 62.5. The molecule has 2 aromatic heterocycles. The maximum atomic E-state index is 14.3. The fourth-order valence-corrected chi connectivity index (χ4v) is 5.27. The lowest BCUT2D eigenvalue weighted by atomic mass is 9.97. The molecule has 0 radical (unpaired) electrons. The number of halogens is 2. The molecule has 8 atom stereocenters. The summed E-state index contributed by atoms with van der Waals surface area (Å²) in [6, 6.07) is 0. The van der Waals surface area contributed by atoms with Crippen molar-refractivity contribution in [2.24, 2.45) is 33.3 Å². The standard InChI is InChI=1S/C13H20FN5O3S.C13H20FN5OS/c1-4-8-6(2)9(14)10(22-8)7-5-17-12(18-7)11(15)19-13(16)23(3,20)21;1-4-8-6(2)9(14)10(20-8)7-5-17-12(18-7)11(15)19-13(16)21-3/h5-6,8-10H,4H2,1-3H3,(H,17,18)(H3,15,16,19);5-6,8-10H,4H2,1-3H3,(H,17,18)(H3,15,16,19)/t2*6-,8-,9-,10+/m11/s1. The first kappa shape index (κ1) is 35.3. The van der Waals surface area contributed by atoms with Crippen LogP contribution in [0.3, 0.4) is 0 Å². The van der Waals surface area contributed by atoms with Gasteiger partial charge in [-0.15, -0.1) is 0 Å². The minimum Gasteiger partial charge on any atom is -0.381 e. The first-order valence-corrected chi connectivity index (χ1v) is 17.0. The number of nitrogens with one attached hydrogen (secondary N) is 4. The molecule has 4 heterocycles. The summed E-state index contributed by atoms with van der Waals surface area (Å²) in [4.78, 5) is 21.1. The van der Waals surface area contributed by atoms with Gasteiger partial charge >= 0.3 is 0 Å². The van der Waals surface area contributed by atoms with Crippen LogP contribution in [0, 0.1) is 22.7 Å². The number of rotatable bonds is 6. The largest absolute Gasteiger partial charge is 0.381 e. The van der Waals surface area contributed by atoms with E-state index in [9.17, 15) is 17.2 Å². The molecule has 0 saturated carbocycles. The highest BCUT2D eigenvalue weighted by Crippen LogP contribution is 2.40. The van der Waals surface area contributed by atoms with Gasteiger partial charge in [-0.05, 0) is 19.1 Å². The van der Waals surface area contributed by atoms with Crippen molar-refractivity contribution in [3.63, 3.8) is 0 Å². The van der Waals surface area contributed by atoms with Crippen molar-refractivity contribution >= 4 is 43.6 Å². The number of amidine groups is 4. The second kappa shape index (κ2) is 14.7. The maximum Gasteiger partial charge on any atom is 0.220 e. The molecule has 2 fully saturated rings. The van der Waals surface area contributed by atoms with Crippen LogP contribution in [-0.2, 0) is 19.3 Å². The van der Waals surface area contributed by atoms with Crippen LogP contribution in [0.1, 0.15) is 75.8 Å². The summed E-state index contributed by atoms with van der Waals surface area (Å²) in [6.07, 6.45) is 2.99. The Bertz CT molecular complexity index is 1490. The maximum absolute atomic E-state index is 14.3. The Balaban J connectivity index is 0.000000241. The molecule has 244 valence electrons. The van der Waals surface area contributed by atoms with Crippen molar-refractivity contribution in [2.75, 3.05) is 12.5 Å². The van der Waals surface area contributed by atoms with Crippen molar-refractivity contribution in [3.05, 3.63) is 35.4 Å². The zero-order valence-electron chi connectivity index (χ0n) is 25.3. The van der Waals surface area contributed by atoms with Crippen LogP contribution in [-0.4, -0.2) is 87.4 Å². The number of aromatic amines is 2. The number of nitrogens with zero attached hydrogens (tertiary/aromatic N) is 4. The molecule has 8 N–H and O–H groups in total. The lowest BCUT2D eigenvalue weighted by Gasteiger charge is -2.11. The molecule has 0 bridgehead atoms. The molecule has 2 aliphatic heterocycles. The van der Waals surface area contributed by atoms with E-state index in [-0.39, 0.29) is 40.9 Å². The summed E-state index contributed by atoms with van der Waals surface area (Å²) in [7, 11) is -3.68. The Labute approximate surface area is 259 Å². The Hall–Kier alpha value is -3.22. The fraction of sp³-hybridized carbons (Fsp3) is 0.615. The molecular formula is C26H40F2N10O4S2. The van der Waals surface area contributed by atoms with E-state index in [4.69, 9.17) is 31.8 Å². The van der Waals surface area contributed by atoms with Crippen LogP contribution in [0.15, 0.2) is 22.4 Å². The molecule has 0 amide bonds. The van der Waals surface area contributed by atoms with Crippen LogP contribution >= 0.6 is 11.8 Å². The Morgan fingerprint density at radius 2 is 1.41 bits per heavy atom. The fourth-order valence-electron chi connectivity index (χ4n) is 4.83. The van der Waals surface area contributed by atoms with Gasteiger partial charge in [0.05, 0.1) is 36.0 Å². The smallest absolute Gasteiger partial charge is 0.220 e. The molecule has 2 aromatic rings. The molecule has 2 saturated heterocycles. The molecule has 18 heteroatoms.